The molecule has 0 atom stereocenters. The van der Waals surface area contributed by atoms with Gasteiger partial charge in [-0.05, 0) is 63.8 Å². The summed E-state index contributed by atoms with van der Waals surface area (Å²) in [5.41, 5.74) is 15.7. The lowest BCUT2D eigenvalue weighted by molar-refractivity contribution is 0.0770. The summed E-state index contributed by atoms with van der Waals surface area (Å²) >= 11 is 0. The Morgan fingerprint density at radius 2 is 1.22 bits per heavy atom. The number of H-pyrrole nitrogens is 2. The van der Waals surface area contributed by atoms with Gasteiger partial charge >= 0.3 is 0 Å². The number of nitrogens with zero attached hydrogens (tertiary/aromatic N) is 4. The van der Waals surface area contributed by atoms with E-state index in [0.29, 0.717) is 41.3 Å². The van der Waals surface area contributed by atoms with Crippen LogP contribution >= 0.6 is 0 Å². The molecule has 0 saturated heterocycles. The Kier molecular flexibility index (Phi) is 9.75. The number of aliphatic hydroxyl groups excluding tert-OH is 2. The topological polar surface area (TPSA) is 220 Å². The molecule has 10 rings (SSSR count). The number of carbonyl (C=O) groups is 2. The van der Waals surface area contributed by atoms with E-state index in [1.54, 1.807) is 19.1 Å². The number of nitrogens with one attached hydrogen (secondary N) is 5. The zero-order valence-electron chi connectivity index (χ0n) is 30.5. The molecule has 2 aliphatic heterocycles. The average Bonchev–Trinajstić information content (AvgIpc) is 3.78. The molecule has 2 saturated carbocycles. The Bertz CT molecular complexity index is 2430. The van der Waals surface area contributed by atoms with E-state index in [1.807, 2.05) is 43.3 Å². The number of hydrogen-bond acceptors (Lipinski definition) is 10. The van der Waals surface area contributed by atoms with E-state index in [2.05, 4.69) is 35.9 Å². The number of aromatic amines is 2. The molecule has 6 heterocycles. The number of nitrogens with two attached hydrogens (primary N) is 1. The lowest BCUT2D eigenvalue weighted by atomic mass is 9.89. The highest BCUT2D eigenvalue weighted by atomic mass is 19.1. The molecule has 15 heteroatoms. The molecule has 9 N–H and O–H groups in total. The van der Waals surface area contributed by atoms with Crippen LogP contribution in [0.3, 0.4) is 0 Å². The summed E-state index contributed by atoms with van der Waals surface area (Å²) in [7, 11) is 0. The zero-order chi connectivity index (χ0) is 38.4. The molecule has 0 radical (unpaired) electrons. The van der Waals surface area contributed by atoms with Gasteiger partial charge in [-0.3, -0.25) is 9.59 Å². The van der Waals surface area contributed by atoms with Crippen molar-refractivity contribution in [3.8, 4) is 22.5 Å². The highest BCUT2D eigenvalue weighted by Gasteiger charge is 2.28. The number of hydrogen-bond donors (Lipinski definition) is 8. The summed E-state index contributed by atoms with van der Waals surface area (Å²) in [6.07, 6.45) is 4.33. The van der Waals surface area contributed by atoms with Gasteiger partial charge in [0.1, 0.15) is 16.9 Å². The molecule has 284 valence electrons. The summed E-state index contributed by atoms with van der Waals surface area (Å²) in [6, 6.07) is 15.6. The Morgan fingerprint density at radius 3 is 1.69 bits per heavy atom. The van der Waals surface area contributed by atoms with Gasteiger partial charge in [0.15, 0.2) is 0 Å². The van der Waals surface area contributed by atoms with Crippen LogP contribution in [0.15, 0.2) is 48.5 Å². The fourth-order valence-electron chi connectivity index (χ4n) is 7.29. The van der Waals surface area contributed by atoms with Crippen molar-refractivity contribution in [3.63, 3.8) is 0 Å². The van der Waals surface area contributed by atoms with Gasteiger partial charge in [0.25, 0.3) is 11.8 Å². The second-order valence-electron chi connectivity index (χ2n) is 14.6. The van der Waals surface area contributed by atoms with E-state index < -0.39 is 5.95 Å². The van der Waals surface area contributed by atoms with E-state index in [0.717, 1.165) is 95.0 Å². The fourth-order valence-corrected chi connectivity index (χ4v) is 7.29. The van der Waals surface area contributed by atoms with Gasteiger partial charge in [-0.25, -0.2) is 19.9 Å². The predicted octanol–water partition coefficient (Wildman–Crippen LogP) is 3.98. The molecule has 2 aliphatic carbocycles. The molecule has 6 aromatic rings. The van der Waals surface area contributed by atoms with Gasteiger partial charge in [0, 0.05) is 71.9 Å². The monoisotopic (exact) mass is 746 g/mol. The number of fused-ring (bicyclic) bond motifs is 4. The first-order valence-electron chi connectivity index (χ1n) is 18.6. The van der Waals surface area contributed by atoms with E-state index in [9.17, 15) is 19.1 Å². The van der Waals surface area contributed by atoms with Crippen molar-refractivity contribution in [2.24, 2.45) is 5.73 Å². The summed E-state index contributed by atoms with van der Waals surface area (Å²) in [4.78, 5) is 48.4. The fraction of sp³-hybridized carbons (Fsp3) is 0.350. The third-order valence-electron chi connectivity index (χ3n) is 10.5. The van der Waals surface area contributed by atoms with Crippen molar-refractivity contribution in [1.29, 1.82) is 0 Å². The van der Waals surface area contributed by atoms with Crippen LogP contribution in [0, 0.1) is 19.8 Å². The number of anilines is 1. The molecular formula is C40H43FN10O4. The number of benzene rings is 2. The third kappa shape index (κ3) is 7.37. The van der Waals surface area contributed by atoms with Crippen molar-refractivity contribution in [1.82, 2.24) is 40.5 Å². The molecular weight excluding hydrogens is 704 g/mol. The average molecular weight is 747 g/mol. The second kappa shape index (κ2) is 14.8. The first-order valence-corrected chi connectivity index (χ1v) is 18.6. The Morgan fingerprint density at radius 1 is 0.709 bits per heavy atom. The summed E-state index contributed by atoms with van der Waals surface area (Å²) in [5, 5.41) is 27.1. The van der Waals surface area contributed by atoms with Crippen molar-refractivity contribution >= 4 is 39.7 Å². The largest absolute Gasteiger partial charge is 0.393 e. The van der Waals surface area contributed by atoms with Crippen LogP contribution < -0.4 is 21.7 Å². The number of aromatic nitrogens is 6. The minimum atomic E-state index is -0.575. The van der Waals surface area contributed by atoms with E-state index in [4.69, 9.17) is 20.8 Å². The van der Waals surface area contributed by atoms with Crippen LogP contribution in [0.1, 0.15) is 69.2 Å². The minimum absolute atomic E-state index is 0.0354. The molecule has 4 aromatic heterocycles. The van der Waals surface area contributed by atoms with Crippen LogP contribution in [0.4, 0.5) is 10.2 Å². The number of aliphatic hydroxyl groups is 2. The highest BCUT2D eigenvalue weighted by molar-refractivity contribution is 6.00. The highest BCUT2D eigenvalue weighted by Crippen LogP contribution is 2.32. The molecule has 0 unspecified atom stereocenters. The standard InChI is InChI=1S/C20H21N5O2.C16H13FN4O.C4H9NO/c1-10-19(23-11-7-12(26)8-11)25-18-13(3-2-4-16(18)22-10)17-9-14-15(24-17)5-6-21-20(14)27;1-8-15(17)21-14-9(3-2-4-12(14)19-8)13-7-10-11(20-13)5-6-18-16(10)22;5-3-1-4(6)2-3/h2-4,9,11-12,24,26H,5-8H2,1H3,(H,21,27)(H,23,25);2-4,7,20H,5-6H2,1H3,(H,18,22);3-4,6H,1-2,5H2. The van der Waals surface area contributed by atoms with Crippen molar-refractivity contribution in [2.75, 3.05) is 18.4 Å². The first kappa shape index (κ1) is 36.2. The first-order chi connectivity index (χ1) is 26.5. The lowest BCUT2D eigenvalue weighted by Crippen LogP contribution is -2.39. The van der Waals surface area contributed by atoms with Crippen molar-refractivity contribution in [3.05, 3.63) is 88.4 Å². The van der Waals surface area contributed by atoms with Crippen LogP contribution in [-0.2, 0) is 12.8 Å². The number of aryl methyl sites for hydroxylation is 2. The Balaban J connectivity index is 0.000000137. The number of halogens is 1. The summed E-state index contributed by atoms with van der Waals surface area (Å²) in [6.45, 7) is 4.80. The minimum Gasteiger partial charge on any atom is -0.393 e. The van der Waals surface area contributed by atoms with Crippen LogP contribution in [-0.4, -0.2) is 89.3 Å². The van der Waals surface area contributed by atoms with Gasteiger partial charge in [-0.1, -0.05) is 24.3 Å². The maximum atomic E-state index is 13.8. The van der Waals surface area contributed by atoms with Gasteiger partial charge in [0.2, 0.25) is 5.95 Å². The predicted molar refractivity (Wildman–Crippen MR) is 206 cm³/mol. The van der Waals surface area contributed by atoms with E-state index in [-0.39, 0.29) is 35.8 Å². The quantitative estimate of drug-likeness (QED) is 0.130. The van der Waals surface area contributed by atoms with Crippen LogP contribution in [0.25, 0.3) is 44.6 Å². The molecule has 55 heavy (non-hydrogen) atoms. The smallest absolute Gasteiger partial charge is 0.253 e. The summed E-state index contributed by atoms with van der Waals surface area (Å²) < 4.78 is 13.8. The van der Waals surface area contributed by atoms with E-state index >= 15 is 0 Å². The SMILES string of the molecule is Cc1nc2cccc(-c3cc4c([nH]3)CCNC4=O)c2nc1F.Cc1nc2cccc(-c3cc4c([nH]3)CCNC4=O)c2nc1NC1CC(O)C1.NC1CC(O)C1. The lowest BCUT2D eigenvalue weighted by Gasteiger charge is -2.32. The van der Waals surface area contributed by atoms with Crippen molar-refractivity contribution < 1.29 is 24.2 Å². The maximum Gasteiger partial charge on any atom is 0.253 e. The number of rotatable bonds is 4. The number of carbonyl (C=O) groups excluding carboxylic acids is 2. The molecule has 0 spiro atoms. The molecule has 2 aromatic carbocycles. The second-order valence-corrected chi connectivity index (χ2v) is 14.6. The molecule has 4 aliphatic rings. The van der Waals surface area contributed by atoms with Crippen molar-refractivity contribution in [2.45, 2.75) is 76.7 Å². The van der Waals surface area contributed by atoms with E-state index in [1.165, 1.54) is 0 Å². The van der Waals surface area contributed by atoms with Crippen LogP contribution in [0.2, 0.25) is 0 Å². The molecule has 2 amide bonds. The molecule has 14 nitrogen and oxygen atoms in total. The Labute approximate surface area is 315 Å². The van der Waals surface area contributed by atoms with Gasteiger partial charge in [-0.2, -0.15) is 4.39 Å². The number of para-hydroxylation sites is 2. The van der Waals surface area contributed by atoms with Gasteiger partial charge in [0.05, 0.1) is 45.8 Å². The Hall–Kier alpha value is -5.77. The van der Waals surface area contributed by atoms with Gasteiger partial charge in [-0.15, -0.1) is 0 Å². The summed E-state index contributed by atoms with van der Waals surface area (Å²) in [5.74, 6) is 0.0545. The zero-order valence-corrected chi connectivity index (χ0v) is 30.5. The normalized spacial score (nSPS) is 21.1. The maximum absolute atomic E-state index is 13.8. The molecule has 2 fully saturated rings. The third-order valence-corrected chi connectivity index (χ3v) is 10.5. The molecule has 0 bridgehead atoms. The number of amides is 2. The van der Waals surface area contributed by atoms with Gasteiger partial charge < -0.3 is 41.9 Å². The van der Waals surface area contributed by atoms with Crippen LogP contribution in [0.5, 0.6) is 0 Å².